The lowest BCUT2D eigenvalue weighted by molar-refractivity contribution is -0.128. The number of rotatable bonds is 5. The molecule has 3 rings (SSSR count). The molecule has 5 nitrogen and oxygen atoms in total. The minimum Gasteiger partial charge on any atom is -0.358 e. The predicted octanol–water partition coefficient (Wildman–Crippen LogP) is 3.74. The largest absolute Gasteiger partial charge is 0.358 e. The second-order valence-electron chi connectivity index (χ2n) is 6.76. The fourth-order valence-electron chi connectivity index (χ4n) is 3.60. The number of amides is 1. The second-order valence-corrected chi connectivity index (χ2v) is 6.76. The molecule has 1 aromatic carbocycles. The maximum Gasteiger partial charge on any atom is 0.270 e. The number of halogens is 2. The Bertz CT molecular complexity index is 921. The highest BCUT2D eigenvalue weighted by Gasteiger charge is 2.82. The van der Waals surface area contributed by atoms with E-state index in [1.54, 1.807) is 30.5 Å². The molecule has 140 valence electrons. The highest BCUT2D eigenvalue weighted by atomic mass is 19.3. The molecule has 0 bridgehead atoms. The van der Waals surface area contributed by atoms with Gasteiger partial charge in [-0.2, -0.15) is 5.26 Å². The van der Waals surface area contributed by atoms with Crippen molar-refractivity contribution in [2.24, 2.45) is 5.41 Å². The Morgan fingerprint density at radius 3 is 2.52 bits per heavy atom. The van der Waals surface area contributed by atoms with Gasteiger partial charge >= 0.3 is 0 Å². The summed E-state index contributed by atoms with van der Waals surface area (Å²) in [5.74, 6) is -4.89. The van der Waals surface area contributed by atoms with Gasteiger partial charge in [0.25, 0.3) is 5.92 Å². The molecule has 0 aliphatic heterocycles. The first-order valence-electron chi connectivity index (χ1n) is 8.65. The van der Waals surface area contributed by atoms with Crippen molar-refractivity contribution in [3.63, 3.8) is 0 Å². The molecule has 0 saturated heterocycles. The van der Waals surface area contributed by atoms with E-state index >= 15 is 0 Å². The number of carbonyl (C=O) groups is 1. The number of hydrogen-bond acceptors (Lipinski definition) is 4. The van der Waals surface area contributed by atoms with Crippen LogP contribution < -0.4 is 10.6 Å². The zero-order valence-electron chi connectivity index (χ0n) is 15.3. The Morgan fingerprint density at radius 1 is 1.30 bits per heavy atom. The number of hydrogen-bond donors (Lipinski definition) is 2. The summed E-state index contributed by atoms with van der Waals surface area (Å²) >= 11 is 0. The van der Waals surface area contributed by atoms with Crippen LogP contribution in [0.3, 0.4) is 0 Å². The molecule has 2 atom stereocenters. The fourth-order valence-corrected chi connectivity index (χ4v) is 3.60. The van der Waals surface area contributed by atoms with Gasteiger partial charge in [0.2, 0.25) is 5.91 Å². The molecule has 1 aliphatic carbocycles. The van der Waals surface area contributed by atoms with Crippen LogP contribution in [0.1, 0.15) is 36.5 Å². The quantitative estimate of drug-likeness (QED) is 0.840. The zero-order valence-corrected chi connectivity index (χ0v) is 15.3. The molecule has 0 radical (unpaired) electrons. The lowest BCUT2D eigenvalue weighted by atomic mass is 10.00. The maximum absolute atomic E-state index is 14.3. The lowest BCUT2D eigenvalue weighted by Gasteiger charge is -2.12. The van der Waals surface area contributed by atoms with Crippen LogP contribution in [0, 0.1) is 16.7 Å². The van der Waals surface area contributed by atoms with E-state index in [4.69, 9.17) is 0 Å². The summed E-state index contributed by atoms with van der Waals surface area (Å²) in [5.41, 5.74) is 1.43. The Kier molecular flexibility index (Phi) is 4.60. The average Bonchev–Trinajstić information content (AvgIpc) is 3.14. The third-order valence-electron chi connectivity index (χ3n) is 5.30. The van der Waals surface area contributed by atoms with Crippen molar-refractivity contribution in [3.8, 4) is 6.07 Å². The van der Waals surface area contributed by atoms with E-state index < -0.39 is 23.2 Å². The zero-order chi connectivity index (χ0) is 19.8. The number of anilines is 2. The van der Waals surface area contributed by atoms with E-state index in [0.29, 0.717) is 28.9 Å². The molecule has 1 aliphatic rings. The van der Waals surface area contributed by atoms with Crippen molar-refractivity contribution in [3.05, 3.63) is 53.3 Å². The number of pyridine rings is 1. The van der Waals surface area contributed by atoms with Crippen molar-refractivity contribution in [2.45, 2.75) is 32.1 Å². The fraction of sp³-hybridized carbons (Fsp3) is 0.350. The molecule has 0 spiro atoms. The lowest BCUT2D eigenvalue weighted by Crippen LogP contribution is -2.31. The van der Waals surface area contributed by atoms with Gasteiger partial charge in [0.15, 0.2) is 0 Å². The molecule has 1 fully saturated rings. The van der Waals surface area contributed by atoms with Gasteiger partial charge in [0.05, 0.1) is 23.4 Å². The molecule has 1 heterocycles. The van der Waals surface area contributed by atoms with Gasteiger partial charge in [-0.1, -0.05) is 19.1 Å². The van der Waals surface area contributed by atoms with Crippen LogP contribution in [0.5, 0.6) is 0 Å². The molecule has 2 unspecified atom stereocenters. The third-order valence-corrected chi connectivity index (χ3v) is 5.30. The SMILES string of the molecule is CCc1c(C#N)cncc1Nc1ccc(C2C(F)(F)C2(C)C(=O)NC)cc1. The van der Waals surface area contributed by atoms with Crippen LogP contribution in [0.2, 0.25) is 0 Å². The summed E-state index contributed by atoms with van der Waals surface area (Å²) in [7, 11) is 1.36. The summed E-state index contributed by atoms with van der Waals surface area (Å²) < 4.78 is 28.6. The van der Waals surface area contributed by atoms with Crippen LogP contribution in [0.15, 0.2) is 36.7 Å². The van der Waals surface area contributed by atoms with Gasteiger partial charge in [0, 0.05) is 18.9 Å². The van der Waals surface area contributed by atoms with Crippen LogP contribution in [0.4, 0.5) is 20.2 Å². The molecule has 1 amide bonds. The number of nitrogens with one attached hydrogen (secondary N) is 2. The topological polar surface area (TPSA) is 77.8 Å². The van der Waals surface area contributed by atoms with Crippen LogP contribution in [-0.2, 0) is 11.2 Å². The molecule has 27 heavy (non-hydrogen) atoms. The van der Waals surface area contributed by atoms with Gasteiger partial charge in [-0.05, 0) is 36.6 Å². The van der Waals surface area contributed by atoms with Crippen molar-refractivity contribution in [1.29, 1.82) is 5.26 Å². The van der Waals surface area contributed by atoms with E-state index in [9.17, 15) is 18.8 Å². The number of benzene rings is 1. The Balaban J connectivity index is 1.84. The first-order valence-corrected chi connectivity index (χ1v) is 8.65. The van der Waals surface area contributed by atoms with Crippen molar-refractivity contribution >= 4 is 17.3 Å². The molecule has 1 saturated carbocycles. The van der Waals surface area contributed by atoms with E-state index in [-0.39, 0.29) is 0 Å². The highest BCUT2D eigenvalue weighted by molar-refractivity contribution is 5.89. The number of alkyl halides is 2. The standard InChI is InChI=1S/C20H20F2N4O/c1-4-15-13(9-23)10-25-11-16(15)26-14-7-5-12(6-8-14)17-19(2,18(27)24-3)20(17,21)22/h5-8,10-11,17,26H,4H2,1-3H3,(H,24,27). The van der Waals surface area contributed by atoms with Crippen molar-refractivity contribution in [2.75, 3.05) is 12.4 Å². The van der Waals surface area contributed by atoms with Gasteiger partial charge in [0.1, 0.15) is 11.5 Å². The highest BCUT2D eigenvalue weighted by Crippen LogP contribution is 2.71. The Labute approximate surface area is 156 Å². The van der Waals surface area contributed by atoms with E-state index in [1.165, 1.54) is 20.2 Å². The van der Waals surface area contributed by atoms with Crippen LogP contribution in [0.25, 0.3) is 0 Å². The normalized spacial score (nSPS) is 22.6. The summed E-state index contributed by atoms with van der Waals surface area (Å²) in [4.78, 5) is 16.0. The molecule has 2 aromatic rings. The third kappa shape index (κ3) is 2.81. The summed E-state index contributed by atoms with van der Waals surface area (Å²) in [5, 5.41) is 14.7. The first-order chi connectivity index (χ1) is 12.8. The Hall–Kier alpha value is -3.01. The molecule has 1 aromatic heterocycles. The van der Waals surface area contributed by atoms with E-state index in [1.807, 2.05) is 6.92 Å². The smallest absolute Gasteiger partial charge is 0.270 e. The Morgan fingerprint density at radius 2 is 1.96 bits per heavy atom. The molecule has 2 N–H and O–H groups in total. The van der Waals surface area contributed by atoms with Crippen molar-refractivity contribution in [1.82, 2.24) is 10.3 Å². The van der Waals surface area contributed by atoms with Gasteiger partial charge in [-0.3, -0.25) is 9.78 Å². The van der Waals surface area contributed by atoms with Gasteiger partial charge < -0.3 is 10.6 Å². The number of aromatic nitrogens is 1. The van der Waals surface area contributed by atoms with Crippen molar-refractivity contribution < 1.29 is 13.6 Å². The van der Waals surface area contributed by atoms with E-state index in [2.05, 4.69) is 21.7 Å². The minimum absolute atomic E-state index is 0.413. The second kappa shape index (κ2) is 6.62. The van der Waals surface area contributed by atoms with Gasteiger partial charge in [-0.15, -0.1) is 0 Å². The molecular formula is C20H20F2N4O. The van der Waals surface area contributed by atoms with Crippen LogP contribution >= 0.6 is 0 Å². The summed E-state index contributed by atoms with van der Waals surface area (Å²) in [6.45, 7) is 3.23. The molecular weight excluding hydrogens is 350 g/mol. The predicted molar refractivity (Wildman–Crippen MR) is 97.9 cm³/mol. The average molecular weight is 370 g/mol. The summed E-state index contributed by atoms with van der Waals surface area (Å²) in [6, 6.07) is 8.69. The number of nitriles is 1. The molecule has 7 heteroatoms. The van der Waals surface area contributed by atoms with Gasteiger partial charge in [-0.25, -0.2) is 8.78 Å². The van der Waals surface area contributed by atoms with Crippen LogP contribution in [-0.4, -0.2) is 23.9 Å². The van der Waals surface area contributed by atoms with E-state index in [0.717, 1.165) is 5.56 Å². The number of nitrogens with zero attached hydrogens (tertiary/aromatic N) is 2. The first kappa shape index (κ1) is 18.8. The monoisotopic (exact) mass is 370 g/mol. The number of carbonyl (C=O) groups excluding carboxylic acids is 1. The maximum atomic E-state index is 14.3. The summed E-state index contributed by atoms with van der Waals surface area (Å²) in [6.07, 6.45) is 3.80. The minimum atomic E-state index is -3.08.